The van der Waals surface area contributed by atoms with Gasteiger partial charge in [0.05, 0.1) is 25.1 Å². The van der Waals surface area contributed by atoms with Crippen molar-refractivity contribution in [2.45, 2.75) is 26.0 Å². The molecule has 14 aliphatic rings. The molecule has 0 saturated carbocycles. The van der Waals surface area contributed by atoms with E-state index in [1.165, 1.54) is 192 Å². The predicted octanol–water partition coefficient (Wildman–Crippen LogP) is 14.2. The molecule has 0 radical (unpaired) electrons. The Hall–Kier alpha value is -8.34. The van der Waals surface area contributed by atoms with Gasteiger partial charge in [0.2, 0.25) is 0 Å². The minimum absolute atomic E-state index is 0.0872. The van der Waals surface area contributed by atoms with E-state index in [1.54, 1.807) is 38.5 Å². The van der Waals surface area contributed by atoms with E-state index in [-0.39, 0.29) is 11.6 Å². The molecule has 16 nitrogen and oxygen atoms in total. The van der Waals surface area contributed by atoms with E-state index in [4.69, 9.17) is 9.47 Å². The maximum atomic E-state index is 13.6. The number of fused-ring (bicyclic) bond motifs is 8. The van der Waals surface area contributed by atoms with Crippen molar-refractivity contribution in [3.8, 4) is 16.9 Å². The van der Waals surface area contributed by atoms with Crippen LogP contribution in [0, 0.1) is 95.5 Å². The Labute approximate surface area is 705 Å². The van der Waals surface area contributed by atoms with E-state index in [2.05, 4.69) is 249 Å². The van der Waals surface area contributed by atoms with Gasteiger partial charge in [-0.15, -0.1) is 11.3 Å². The summed E-state index contributed by atoms with van der Waals surface area (Å²) in [7, 11) is 10.1. The van der Waals surface area contributed by atoms with Gasteiger partial charge in [-0.3, -0.25) is 0 Å². The fraction of sp³-hybridized carbons (Fsp3) is 0.495. The van der Waals surface area contributed by atoms with Crippen molar-refractivity contribution < 1.29 is 18.3 Å². The molecule has 4 N–H and O–H groups in total. The Kier molecular flexibility index (Phi) is 26.5. The number of ether oxygens (including phenoxy) is 2. The molecule has 0 amide bonds. The van der Waals surface area contributed by atoms with Gasteiger partial charge in [-0.25, -0.2) is 8.78 Å². The van der Waals surface area contributed by atoms with Crippen LogP contribution in [0.5, 0.6) is 5.75 Å². The van der Waals surface area contributed by atoms with Crippen LogP contribution in [0.3, 0.4) is 0 Å². The first-order valence-electron chi connectivity index (χ1n) is 44.3. The second-order valence-corrected chi connectivity index (χ2v) is 37.6. The summed E-state index contributed by atoms with van der Waals surface area (Å²) >= 11 is 1.84. The second-order valence-electron chi connectivity index (χ2n) is 36.7. The molecule has 14 unspecified atom stereocenters. The normalized spacial score (nSPS) is 28.1. The highest BCUT2D eigenvalue weighted by molar-refractivity contribution is 7.17. The van der Waals surface area contributed by atoms with E-state index in [9.17, 15) is 8.78 Å². The smallest absolute Gasteiger partial charge is 0.146 e. The highest BCUT2D eigenvalue weighted by atomic mass is 32.1. The third-order valence-electron chi connectivity index (χ3n) is 28.5. The highest BCUT2D eigenvalue weighted by Crippen LogP contribution is 2.42. The number of nitrogens with zero attached hydrogens (tertiary/aromatic N) is 10. The van der Waals surface area contributed by atoms with Crippen LogP contribution in [-0.2, 0) is 11.3 Å². The average molecular weight is 1620 g/mol. The lowest BCUT2D eigenvalue weighted by molar-refractivity contribution is 0.185. The molecule has 14 saturated heterocycles. The summed E-state index contributed by atoms with van der Waals surface area (Å²) in [4.78, 5) is 24.4. The maximum absolute atomic E-state index is 13.6. The number of para-hydroxylation sites is 4. The van der Waals surface area contributed by atoms with Gasteiger partial charge in [0.15, 0.2) is 0 Å². The van der Waals surface area contributed by atoms with Crippen LogP contribution in [0.2, 0.25) is 0 Å². The average Bonchev–Trinajstić information content (AvgIpc) is 1.72. The third-order valence-corrected chi connectivity index (χ3v) is 29.4. The quantitative estimate of drug-likeness (QED) is 0.0988. The van der Waals surface area contributed by atoms with Crippen molar-refractivity contribution in [1.82, 2.24) is 36.0 Å². The lowest BCUT2D eigenvalue weighted by Crippen LogP contribution is -2.30. The van der Waals surface area contributed by atoms with Crippen molar-refractivity contribution in [2.24, 2.45) is 76.9 Å². The van der Waals surface area contributed by atoms with Crippen LogP contribution in [-0.4, -0.2) is 233 Å². The number of likely N-dealkylation sites (tertiary alicyclic amines) is 3. The van der Waals surface area contributed by atoms with Crippen molar-refractivity contribution in [3.05, 3.63) is 228 Å². The number of rotatable bonds is 11. The summed E-state index contributed by atoms with van der Waals surface area (Å²) in [6.45, 7) is 34.5. The summed E-state index contributed by atoms with van der Waals surface area (Å²) < 4.78 is 39.2. The van der Waals surface area contributed by atoms with E-state index in [0.717, 1.165) is 141 Å². The molecule has 19 heteroatoms. The van der Waals surface area contributed by atoms with Crippen molar-refractivity contribution in [3.63, 3.8) is 0 Å². The molecule has 8 aromatic carbocycles. The zero-order chi connectivity index (χ0) is 80.6. The number of aryl methyl sites for hydroxylation is 1. The molecule has 626 valence electrons. The number of halogens is 2. The second kappa shape index (κ2) is 38.2. The van der Waals surface area contributed by atoms with E-state index >= 15 is 0 Å². The molecule has 0 bridgehead atoms. The lowest BCUT2D eigenvalue weighted by atomic mass is 10.0. The summed E-state index contributed by atoms with van der Waals surface area (Å²) in [5.74, 6) is 11.4. The summed E-state index contributed by atoms with van der Waals surface area (Å²) in [5, 5.41) is 17.6. The Morgan fingerprint density at radius 1 is 0.364 bits per heavy atom. The Balaban J connectivity index is 0.0000000988. The van der Waals surface area contributed by atoms with Gasteiger partial charge in [0.25, 0.3) is 0 Å². The molecular formula is C99H128F2N14O2S. The first-order chi connectivity index (χ1) is 57.8. The Morgan fingerprint density at radius 2 is 0.780 bits per heavy atom. The highest BCUT2D eigenvalue weighted by Gasteiger charge is 2.44. The minimum Gasteiger partial charge on any atom is -0.497 e. The standard InChI is InChI=1S/C18H20N2.2C14H20N2O.C14H16N2S.C14H20N2.C13H17FN2.C12H15FN2/c1-2-6-14(7-3-1)17-8-4-5-9-18(17)20-12-15-10-19-11-16(15)13-20;1-15-7-11-9-16(10-12(11)8-15)13-4-3-5-14(6-13)17-2;1-17-10-11-4-2-3-5-14(11)16-8-12-6-15-7-13(12)9-16;1-2-13(11-5-7-17-14(11)3-1)16-8-10-4-6-15-12(10)9-16;1-11-3-5-14(6-4-11)16-9-12-7-15(2)8-13(12)10-16;1-15-6-10-8-16(9-11(10)7-15)13-5-3-2-4-12(13)14;13-11-3-1-2-4-12(11)15-7-9-5-14-6-10(9)8-15/h1-9,15-16,19H,10-13H2;3-6,11-12H,7-10H2,1-2H3;2-5,12-13,15H,6-10H2,1H3;1-3,5,7,10,12,15H,4,6,8-9H2;3-6,12-13H,7-10H2,1-2H3;2-5,10-11H,6-9H2,1H3;1-4,9-10,14H,5-8H2. The molecule has 23 rings (SSSR count). The van der Waals surface area contributed by atoms with Gasteiger partial charge in [0.1, 0.15) is 17.4 Å². The molecule has 1 aromatic heterocycles. The van der Waals surface area contributed by atoms with Crippen molar-refractivity contribution in [1.29, 1.82) is 0 Å². The molecular weight excluding hydrogens is 1490 g/mol. The van der Waals surface area contributed by atoms with Gasteiger partial charge < -0.3 is 79.7 Å². The molecule has 14 atom stereocenters. The van der Waals surface area contributed by atoms with Crippen molar-refractivity contribution >= 4 is 61.2 Å². The minimum atomic E-state index is -0.0922. The fourth-order valence-corrected chi connectivity index (χ4v) is 23.3. The SMILES string of the molecule is CN1CC2CN(c3ccccc3F)CC2C1.COCc1ccccc1N1CC2CNCC2C1.COc1cccc(N2CC3CN(C)CC3C2)c1.Cc1ccc(N2CC3CN(C)CC3C2)cc1.Fc1ccccc1N1CC2CNCC2C1.c1cc(N2CC3CCNC3C2)c2ccsc2c1.c1ccc(-c2ccccc2N2CC3CNCC3C2)cc1. The summed E-state index contributed by atoms with van der Waals surface area (Å²) in [6, 6.07) is 69.4. The topological polar surface area (TPSA) is 99.0 Å². The number of hydrogen-bond donors (Lipinski definition) is 4. The predicted molar refractivity (Wildman–Crippen MR) is 486 cm³/mol. The zero-order valence-corrected chi connectivity index (χ0v) is 71.5. The number of benzene rings is 8. The Morgan fingerprint density at radius 3 is 1.29 bits per heavy atom. The number of methoxy groups -OCH3 is 2. The van der Waals surface area contributed by atoms with Crippen LogP contribution in [0.4, 0.5) is 48.6 Å². The first kappa shape index (κ1) is 82.0. The zero-order valence-electron chi connectivity index (χ0n) is 70.7. The van der Waals surface area contributed by atoms with Gasteiger partial charge in [-0.05, 0) is 208 Å². The first-order valence-corrected chi connectivity index (χ1v) is 45.2. The van der Waals surface area contributed by atoms with E-state index in [1.807, 2.05) is 41.7 Å². The van der Waals surface area contributed by atoms with Crippen LogP contribution < -0.4 is 60.3 Å². The van der Waals surface area contributed by atoms with E-state index in [0.29, 0.717) is 18.4 Å². The van der Waals surface area contributed by atoms with Crippen LogP contribution >= 0.6 is 11.3 Å². The maximum Gasteiger partial charge on any atom is 0.146 e. The largest absolute Gasteiger partial charge is 0.497 e. The molecule has 118 heavy (non-hydrogen) atoms. The monoisotopic (exact) mass is 1620 g/mol. The Bertz CT molecular complexity index is 4620. The van der Waals surface area contributed by atoms with Gasteiger partial charge in [-0.2, -0.15) is 0 Å². The van der Waals surface area contributed by atoms with Crippen LogP contribution in [0.25, 0.3) is 21.2 Å². The number of anilines is 7. The van der Waals surface area contributed by atoms with Gasteiger partial charge >= 0.3 is 0 Å². The third kappa shape index (κ3) is 19.2. The van der Waals surface area contributed by atoms with Crippen LogP contribution in [0.1, 0.15) is 17.5 Å². The van der Waals surface area contributed by atoms with Gasteiger partial charge in [0, 0.05) is 239 Å². The molecule has 15 heterocycles. The number of hydrogen-bond acceptors (Lipinski definition) is 17. The number of nitrogens with one attached hydrogen (secondary N) is 4. The summed E-state index contributed by atoms with van der Waals surface area (Å²) in [6.07, 6.45) is 1.35. The van der Waals surface area contributed by atoms with Crippen molar-refractivity contribution in [2.75, 3.05) is 246 Å². The molecule has 0 spiro atoms. The van der Waals surface area contributed by atoms with Gasteiger partial charge in [-0.1, -0.05) is 121 Å². The lowest BCUT2D eigenvalue weighted by Gasteiger charge is -2.23. The van der Waals surface area contributed by atoms with Crippen LogP contribution in [0.15, 0.2) is 206 Å². The number of thiophene rings is 1. The molecule has 0 aliphatic carbocycles. The molecule has 14 aliphatic heterocycles. The fourth-order valence-electron chi connectivity index (χ4n) is 22.4. The molecule has 14 fully saturated rings. The van der Waals surface area contributed by atoms with E-state index < -0.39 is 0 Å². The molecule has 9 aromatic rings. The summed E-state index contributed by atoms with van der Waals surface area (Å²) in [5.41, 5.74) is 13.8.